The van der Waals surface area contributed by atoms with Crippen molar-refractivity contribution in [2.24, 2.45) is 0 Å². The van der Waals surface area contributed by atoms with Crippen LogP contribution in [-0.4, -0.2) is 17.4 Å². The van der Waals surface area contributed by atoms with Crippen LogP contribution in [0.5, 0.6) is 5.75 Å². The number of benzene rings is 2. The third-order valence-corrected chi connectivity index (χ3v) is 3.96. The summed E-state index contributed by atoms with van der Waals surface area (Å²) in [5, 5.41) is 14.7. The average molecular weight is 363 g/mol. The minimum atomic E-state index is -0.557. The molecule has 0 saturated carbocycles. The molecule has 0 aliphatic carbocycles. The predicted octanol–water partition coefficient (Wildman–Crippen LogP) is 4.53. The van der Waals surface area contributed by atoms with Crippen molar-refractivity contribution in [1.82, 2.24) is 5.32 Å². The van der Waals surface area contributed by atoms with E-state index in [9.17, 15) is 14.9 Å². The standard InChI is InChI=1S/C18H19ClN2O4/c1-3-15(12-5-8-14(19)9-6-12)20-18(22)13-7-10-17(25-4-2)16(11-13)21(23)24/h5-11,15H,3-4H2,1-2H3,(H,20,22). The Morgan fingerprint density at radius 3 is 2.48 bits per heavy atom. The molecule has 2 rings (SSSR count). The fourth-order valence-corrected chi connectivity index (χ4v) is 2.56. The van der Waals surface area contributed by atoms with Gasteiger partial charge in [-0.1, -0.05) is 30.7 Å². The van der Waals surface area contributed by atoms with E-state index in [1.807, 2.05) is 19.1 Å². The van der Waals surface area contributed by atoms with Crippen LogP contribution in [0.4, 0.5) is 5.69 Å². The van der Waals surface area contributed by atoms with E-state index in [-0.39, 0.29) is 28.9 Å². The van der Waals surface area contributed by atoms with E-state index < -0.39 is 4.92 Å². The van der Waals surface area contributed by atoms with Crippen molar-refractivity contribution >= 4 is 23.2 Å². The zero-order valence-corrected chi connectivity index (χ0v) is 14.7. The quantitative estimate of drug-likeness (QED) is 0.579. The summed E-state index contributed by atoms with van der Waals surface area (Å²) in [6, 6.07) is 11.2. The molecule has 2 aromatic rings. The Morgan fingerprint density at radius 1 is 1.24 bits per heavy atom. The summed E-state index contributed by atoms with van der Waals surface area (Å²) in [7, 11) is 0. The molecule has 0 aromatic heterocycles. The molecule has 2 aromatic carbocycles. The van der Waals surface area contributed by atoms with Gasteiger partial charge in [0.2, 0.25) is 0 Å². The first-order valence-electron chi connectivity index (χ1n) is 7.93. The van der Waals surface area contributed by atoms with Crippen molar-refractivity contribution in [3.05, 3.63) is 68.7 Å². The molecule has 7 heteroatoms. The Balaban J connectivity index is 2.22. The van der Waals surface area contributed by atoms with E-state index >= 15 is 0 Å². The summed E-state index contributed by atoms with van der Waals surface area (Å²) in [5.41, 5.74) is 0.900. The summed E-state index contributed by atoms with van der Waals surface area (Å²) in [5.74, 6) is -0.234. The van der Waals surface area contributed by atoms with Crippen LogP contribution in [0.15, 0.2) is 42.5 Å². The number of nitro groups is 1. The van der Waals surface area contributed by atoms with Crippen molar-refractivity contribution in [1.29, 1.82) is 0 Å². The van der Waals surface area contributed by atoms with Gasteiger partial charge >= 0.3 is 5.69 Å². The van der Waals surface area contributed by atoms with Gasteiger partial charge in [-0.05, 0) is 43.2 Å². The molecule has 0 aliphatic rings. The van der Waals surface area contributed by atoms with Gasteiger partial charge in [0.05, 0.1) is 17.6 Å². The fraction of sp³-hybridized carbons (Fsp3) is 0.278. The number of nitro benzene ring substituents is 1. The largest absolute Gasteiger partial charge is 0.487 e. The number of amides is 1. The highest BCUT2D eigenvalue weighted by Gasteiger charge is 2.20. The lowest BCUT2D eigenvalue weighted by molar-refractivity contribution is -0.385. The zero-order valence-electron chi connectivity index (χ0n) is 14.0. The maximum Gasteiger partial charge on any atom is 0.311 e. The summed E-state index contributed by atoms with van der Waals surface area (Å²) < 4.78 is 5.23. The van der Waals surface area contributed by atoms with Crippen molar-refractivity contribution in [3.8, 4) is 5.75 Å². The molecule has 6 nitrogen and oxygen atoms in total. The van der Waals surface area contributed by atoms with E-state index in [1.165, 1.54) is 18.2 Å². The first kappa shape index (κ1) is 18.7. The van der Waals surface area contributed by atoms with Gasteiger partial charge < -0.3 is 10.1 Å². The van der Waals surface area contributed by atoms with Crippen LogP contribution in [0.2, 0.25) is 5.02 Å². The third kappa shape index (κ3) is 4.70. The van der Waals surface area contributed by atoms with Gasteiger partial charge in [-0.25, -0.2) is 0 Å². The molecule has 0 fully saturated rings. The normalized spacial score (nSPS) is 11.6. The summed E-state index contributed by atoms with van der Waals surface area (Å²) >= 11 is 5.89. The van der Waals surface area contributed by atoms with Crippen LogP contribution in [-0.2, 0) is 0 Å². The van der Waals surface area contributed by atoms with Crippen molar-refractivity contribution in [3.63, 3.8) is 0 Å². The summed E-state index contributed by atoms with van der Waals surface area (Å²) in [4.78, 5) is 23.1. The molecule has 1 unspecified atom stereocenters. The Morgan fingerprint density at radius 2 is 1.92 bits per heavy atom. The van der Waals surface area contributed by atoms with E-state index in [4.69, 9.17) is 16.3 Å². The number of ether oxygens (including phenoxy) is 1. The number of nitrogens with zero attached hydrogens (tertiary/aromatic N) is 1. The first-order valence-corrected chi connectivity index (χ1v) is 8.31. The van der Waals surface area contributed by atoms with Crippen LogP contribution < -0.4 is 10.1 Å². The highest BCUT2D eigenvalue weighted by Crippen LogP contribution is 2.28. The van der Waals surface area contributed by atoms with Gasteiger partial charge in [0, 0.05) is 16.7 Å². The minimum absolute atomic E-state index is 0.147. The number of halogens is 1. The number of hydrogen-bond acceptors (Lipinski definition) is 4. The van der Waals surface area contributed by atoms with Crippen molar-refractivity contribution in [2.45, 2.75) is 26.3 Å². The number of carbonyl (C=O) groups is 1. The van der Waals surface area contributed by atoms with Crippen LogP contribution in [0.25, 0.3) is 0 Å². The Bertz CT molecular complexity index is 762. The molecular weight excluding hydrogens is 344 g/mol. The van der Waals surface area contributed by atoms with Gasteiger partial charge in [-0.15, -0.1) is 0 Å². The number of carbonyl (C=O) groups excluding carboxylic acids is 1. The van der Waals surface area contributed by atoms with E-state index in [0.29, 0.717) is 18.1 Å². The predicted molar refractivity (Wildman–Crippen MR) is 96.2 cm³/mol. The molecule has 1 N–H and O–H groups in total. The van der Waals surface area contributed by atoms with E-state index in [2.05, 4.69) is 5.32 Å². The van der Waals surface area contributed by atoms with Gasteiger partial charge in [0.1, 0.15) is 0 Å². The average Bonchev–Trinajstić information content (AvgIpc) is 2.60. The summed E-state index contributed by atoms with van der Waals surface area (Å²) in [6.07, 6.45) is 0.673. The second-order valence-electron chi connectivity index (χ2n) is 5.36. The molecule has 0 saturated heterocycles. The van der Waals surface area contributed by atoms with Gasteiger partial charge in [0.15, 0.2) is 5.75 Å². The molecular formula is C18H19ClN2O4. The summed E-state index contributed by atoms with van der Waals surface area (Å²) in [6.45, 7) is 3.99. The molecule has 1 amide bonds. The van der Waals surface area contributed by atoms with Crippen LogP contribution in [0, 0.1) is 10.1 Å². The minimum Gasteiger partial charge on any atom is -0.487 e. The number of rotatable bonds is 7. The second kappa shape index (κ2) is 8.48. The van der Waals surface area contributed by atoms with Crippen LogP contribution in [0.1, 0.15) is 42.2 Å². The monoisotopic (exact) mass is 362 g/mol. The lowest BCUT2D eigenvalue weighted by Gasteiger charge is -2.18. The molecule has 25 heavy (non-hydrogen) atoms. The molecule has 0 radical (unpaired) electrons. The number of nitrogens with one attached hydrogen (secondary N) is 1. The lowest BCUT2D eigenvalue weighted by Crippen LogP contribution is -2.28. The van der Waals surface area contributed by atoms with E-state index in [1.54, 1.807) is 19.1 Å². The highest BCUT2D eigenvalue weighted by atomic mass is 35.5. The molecule has 0 heterocycles. The van der Waals surface area contributed by atoms with Crippen LogP contribution in [0.3, 0.4) is 0 Å². The lowest BCUT2D eigenvalue weighted by atomic mass is 10.0. The first-order chi connectivity index (χ1) is 12.0. The zero-order chi connectivity index (χ0) is 18.4. The second-order valence-corrected chi connectivity index (χ2v) is 5.79. The topological polar surface area (TPSA) is 81.5 Å². The smallest absolute Gasteiger partial charge is 0.311 e. The van der Waals surface area contributed by atoms with Gasteiger partial charge in [-0.3, -0.25) is 14.9 Å². The SMILES string of the molecule is CCOc1ccc(C(=O)NC(CC)c2ccc(Cl)cc2)cc1[N+](=O)[O-]. The molecule has 1 atom stereocenters. The third-order valence-electron chi connectivity index (χ3n) is 3.70. The molecule has 0 aliphatic heterocycles. The Hall–Kier alpha value is -2.60. The Labute approximate surface area is 150 Å². The van der Waals surface area contributed by atoms with Gasteiger partial charge in [-0.2, -0.15) is 0 Å². The number of hydrogen-bond donors (Lipinski definition) is 1. The van der Waals surface area contributed by atoms with Crippen molar-refractivity contribution in [2.75, 3.05) is 6.61 Å². The maximum absolute atomic E-state index is 12.5. The van der Waals surface area contributed by atoms with E-state index in [0.717, 1.165) is 5.56 Å². The highest BCUT2D eigenvalue weighted by molar-refractivity contribution is 6.30. The van der Waals surface area contributed by atoms with Crippen LogP contribution >= 0.6 is 11.6 Å². The molecule has 132 valence electrons. The maximum atomic E-state index is 12.5. The fourth-order valence-electron chi connectivity index (χ4n) is 2.44. The van der Waals surface area contributed by atoms with Crippen molar-refractivity contribution < 1.29 is 14.5 Å². The molecule has 0 spiro atoms. The Kier molecular flexibility index (Phi) is 6.36. The molecule has 0 bridgehead atoms. The van der Waals surface area contributed by atoms with Gasteiger partial charge in [0.25, 0.3) is 5.91 Å².